The van der Waals surface area contributed by atoms with Crippen LogP contribution in [-0.2, 0) is 0 Å². The van der Waals surface area contributed by atoms with Gasteiger partial charge in [-0.25, -0.2) is 0 Å². The minimum atomic E-state index is 0.331. The molecule has 1 unspecified atom stereocenters. The van der Waals surface area contributed by atoms with E-state index in [-0.39, 0.29) is 0 Å². The molecular formula is C6H13N. The zero-order valence-corrected chi connectivity index (χ0v) is 4.85. The summed E-state index contributed by atoms with van der Waals surface area (Å²) < 4.78 is 0. The van der Waals surface area contributed by atoms with Gasteiger partial charge in [0.25, 0.3) is 0 Å². The second-order valence-corrected chi connectivity index (χ2v) is 1.69. The lowest BCUT2D eigenvalue weighted by atomic mass is 10.2. The second kappa shape index (κ2) is 3.88. The van der Waals surface area contributed by atoms with E-state index in [9.17, 15) is 0 Å². The average molecular weight is 99.2 g/mol. The summed E-state index contributed by atoms with van der Waals surface area (Å²) in [5, 5.41) is 0. The van der Waals surface area contributed by atoms with Gasteiger partial charge in [-0.1, -0.05) is 13.0 Å². The summed E-state index contributed by atoms with van der Waals surface area (Å²) in [5.41, 5.74) is 5.51. The van der Waals surface area contributed by atoms with Crippen LogP contribution in [0.2, 0.25) is 0 Å². The molecule has 7 heavy (non-hydrogen) atoms. The van der Waals surface area contributed by atoms with E-state index in [0.717, 1.165) is 12.8 Å². The van der Waals surface area contributed by atoms with Gasteiger partial charge in [0.15, 0.2) is 0 Å². The van der Waals surface area contributed by atoms with Crippen LogP contribution in [0.15, 0.2) is 12.7 Å². The molecule has 0 aliphatic carbocycles. The van der Waals surface area contributed by atoms with E-state index in [0.29, 0.717) is 6.04 Å². The Bertz CT molecular complexity index is 50.1. The molecule has 42 valence electrons. The van der Waals surface area contributed by atoms with Crippen LogP contribution in [0.25, 0.3) is 0 Å². The summed E-state index contributed by atoms with van der Waals surface area (Å²) in [7, 11) is 0. The Morgan fingerprint density at radius 3 is 2.57 bits per heavy atom. The first-order valence-corrected chi connectivity index (χ1v) is 2.67. The molecule has 0 aromatic rings. The third-order valence-corrected chi connectivity index (χ3v) is 0.994. The van der Waals surface area contributed by atoms with Crippen LogP contribution in [0.1, 0.15) is 19.8 Å². The van der Waals surface area contributed by atoms with Gasteiger partial charge < -0.3 is 5.73 Å². The number of hydrogen-bond acceptors (Lipinski definition) is 1. The molecule has 0 radical (unpaired) electrons. The fourth-order valence-corrected chi connectivity index (χ4v) is 0.381. The van der Waals surface area contributed by atoms with Gasteiger partial charge in [-0.3, -0.25) is 0 Å². The molecule has 0 saturated heterocycles. The van der Waals surface area contributed by atoms with Crippen LogP contribution < -0.4 is 5.73 Å². The molecule has 1 atom stereocenters. The fourth-order valence-electron chi connectivity index (χ4n) is 0.381. The summed E-state index contributed by atoms with van der Waals surface area (Å²) in [6.45, 7) is 5.65. The minimum absolute atomic E-state index is 0.331. The molecule has 0 heterocycles. The van der Waals surface area contributed by atoms with Crippen molar-refractivity contribution in [3.8, 4) is 0 Å². The Hall–Kier alpha value is -0.300. The zero-order chi connectivity index (χ0) is 5.70. The molecule has 1 heteroatoms. The first-order chi connectivity index (χ1) is 3.31. The van der Waals surface area contributed by atoms with Gasteiger partial charge in [0.1, 0.15) is 0 Å². The predicted octanol–water partition coefficient (Wildman–Crippen LogP) is 1.30. The van der Waals surface area contributed by atoms with E-state index in [1.54, 1.807) is 0 Å². The number of hydrogen-bond donors (Lipinski definition) is 1. The van der Waals surface area contributed by atoms with Crippen molar-refractivity contribution >= 4 is 0 Å². The standard InChI is InChI=1S/C6H13N/c1-3-5-6(7)4-2/h3,6H,1,4-5,7H2,2H3. The van der Waals surface area contributed by atoms with Crippen molar-refractivity contribution in [3.05, 3.63) is 12.7 Å². The van der Waals surface area contributed by atoms with E-state index in [1.165, 1.54) is 0 Å². The van der Waals surface area contributed by atoms with Crippen LogP contribution in [0.5, 0.6) is 0 Å². The normalized spacial score (nSPS) is 13.4. The Kier molecular flexibility index (Phi) is 3.71. The van der Waals surface area contributed by atoms with Crippen molar-refractivity contribution < 1.29 is 0 Å². The SMILES string of the molecule is C=CCC(N)CC. The van der Waals surface area contributed by atoms with Gasteiger partial charge in [-0.15, -0.1) is 6.58 Å². The van der Waals surface area contributed by atoms with Crippen LogP contribution >= 0.6 is 0 Å². The molecule has 0 bridgehead atoms. The smallest absolute Gasteiger partial charge is 0.00706 e. The van der Waals surface area contributed by atoms with E-state index in [1.807, 2.05) is 6.08 Å². The molecule has 0 spiro atoms. The van der Waals surface area contributed by atoms with Gasteiger partial charge in [0.05, 0.1) is 0 Å². The Balaban J connectivity index is 2.98. The molecule has 0 aromatic heterocycles. The highest BCUT2D eigenvalue weighted by Crippen LogP contribution is 1.91. The maximum atomic E-state index is 5.51. The van der Waals surface area contributed by atoms with E-state index in [4.69, 9.17) is 5.73 Å². The summed E-state index contributed by atoms with van der Waals surface area (Å²) in [6, 6.07) is 0.331. The monoisotopic (exact) mass is 99.1 g/mol. The van der Waals surface area contributed by atoms with Gasteiger partial charge in [-0.05, 0) is 12.8 Å². The summed E-state index contributed by atoms with van der Waals surface area (Å²) in [6.07, 6.45) is 3.84. The first-order valence-electron chi connectivity index (χ1n) is 2.67. The van der Waals surface area contributed by atoms with Crippen molar-refractivity contribution in [1.29, 1.82) is 0 Å². The van der Waals surface area contributed by atoms with Gasteiger partial charge in [0, 0.05) is 6.04 Å². The first kappa shape index (κ1) is 6.70. The van der Waals surface area contributed by atoms with Crippen molar-refractivity contribution in [2.24, 2.45) is 5.73 Å². The Morgan fingerprint density at radius 2 is 2.43 bits per heavy atom. The van der Waals surface area contributed by atoms with Crippen molar-refractivity contribution in [1.82, 2.24) is 0 Å². The molecule has 0 aliphatic heterocycles. The quantitative estimate of drug-likeness (QED) is 0.530. The molecule has 0 rings (SSSR count). The Morgan fingerprint density at radius 1 is 1.86 bits per heavy atom. The second-order valence-electron chi connectivity index (χ2n) is 1.69. The third-order valence-electron chi connectivity index (χ3n) is 0.994. The lowest BCUT2D eigenvalue weighted by Gasteiger charge is -2.00. The molecule has 0 saturated carbocycles. The van der Waals surface area contributed by atoms with Crippen LogP contribution in [-0.4, -0.2) is 6.04 Å². The highest BCUT2D eigenvalue weighted by Gasteiger charge is 1.90. The van der Waals surface area contributed by atoms with Crippen molar-refractivity contribution in [2.75, 3.05) is 0 Å². The molecule has 0 aromatic carbocycles. The van der Waals surface area contributed by atoms with Gasteiger partial charge in [0.2, 0.25) is 0 Å². The highest BCUT2D eigenvalue weighted by molar-refractivity contribution is 4.73. The van der Waals surface area contributed by atoms with Crippen molar-refractivity contribution in [2.45, 2.75) is 25.8 Å². The lowest BCUT2D eigenvalue weighted by Crippen LogP contribution is -2.16. The fraction of sp³-hybridized carbons (Fsp3) is 0.667. The topological polar surface area (TPSA) is 26.0 Å². The third kappa shape index (κ3) is 3.53. The number of nitrogens with two attached hydrogens (primary N) is 1. The van der Waals surface area contributed by atoms with E-state index < -0.39 is 0 Å². The van der Waals surface area contributed by atoms with E-state index >= 15 is 0 Å². The lowest BCUT2D eigenvalue weighted by molar-refractivity contribution is 0.660. The molecule has 0 fully saturated rings. The molecular weight excluding hydrogens is 86.1 g/mol. The molecule has 2 N–H and O–H groups in total. The maximum Gasteiger partial charge on any atom is 0.00706 e. The van der Waals surface area contributed by atoms with Crippen molar-refractivity contribution in [3.63, 3.8) is 0 Å². The molecule has 0 amide bonds. The summed E-state index contributed by atoms with van der Waals surface area (Å²) in [5.74, 6) is 0. The van der Waals surface area contributed by atoms with Gasteiger partial charge >= 0.3 is 0 Å². The Labute approximate surface area is 45.2 Å². The van der Waals surface area contributed by atoms with Crippen LogP contribution in [0.4, 0.5) is 0 Å². The molecule has 1 nitrogen and oxygen atoms in total. The minimum Gasteiger partial charge on any atom is -0.327 e. The zero-order valence-electron chi connectivity index (χ0n) is 4.85. The van der Waals surface area contributed by atoms with Crippen LogP contribution in [0.3, 0.4) is 0 Å². The average Bonchev–Trinajstić information content (AvgIpc) is 1.68. The van der Waals surface area contributed by atoms with Gasteiger partial charge in [-0.2, -0.15) is 0 Å². The summed E-state index contributed by atoms with van der Waals surface area (Å²) >= 11 is 0. The number of rotatable bonds is 3. The summed E-state index contributed by atoms with van der Waals surface area (Å²) in [4.78, 5) is 0. The van der Waals surface area contributed by atoms with Crippen LogP contribution in [0, 0.1) is 0 Å². The van der Waals surface area contributed by atoms with E-state index in [2.05, 4.69) is 13.5 Å². The highest BCUT2D eigenvalue weighted by atomic mass is 14.6. The predicted molar refractivity (Wildman–Crippen MR) is 33.1 cm³/mol. The molecule has 0 aliphatic rings. The largest absolute Gasteiger partial charge is 0.327 e. The maximum absolute atomic E-state index is 5.51.